The molecule has 6 nitrogen and oxygen atoms in total. The van der Waals surface area contributed by atoms with Crippen LogP contribution in [-0.4, -0.2) is 0 Å². The number of nitrogens with two attached hydrogens (primary N) is 6. The molecule has 0 unspecified atom stereocenters. The van der Waals surface area contributed by atoms with Crippen LogP contribution in [0.4, 0.5) is 0 Å². The van der Waals surface area contributed by atoms with Crippen molar-refractivity contribution in [1.82, 2.24) is 0 Å². The van der Waals surface area contributed by atoms with Gasteiger partial charge in [0.05, 0.1) is 0 Å². The zero-order valence-corrected chi connectivity index (χ0v) is 8.96. The molecule has 0 aromatic carbocycles. The van der Waals surface area contributed by atoms with Crippen LogP contribution in [0, 0.1) is 0 Å². The van der Waals surface area contributed by atoms with E-state index in [0.717, 1.165) is 0 Å². The van der Waals surface area contributed by atoms with Gasteiger partial charge in [0.25, 0.3) is 0 Å². The second-order valence-corrected chi connectivity index (χ2v) is 0. The van der Waals surface area contributed by atoms with Crippen LogP contribution in [0.3, 0.4) is 0 Å². The number of rotatable bonds is 0. The third-order valence-electron chi connectivity index (χ3n) is 0. The maximum absolute atomic E-state index is 0. The normalized spacial score (nSPS) is 0. The molecule has 0 fully saturated rings. The SMILES string of the molecule is [Cl-].[Cl-].[Cl-].[NH2-].[NH2-].[NH2-].[NH2-].[NH2-].[NH2-].[Ru]. The van der Waals surface area contributed by atoms with Crippen LogP contribution in [0.5, 0.6) is 0 Å². The van der Waals surface area contributed by atoms with Crippen LogP contribution in [0.1, 0.15) is 0 Å². The van der Waals surface area contributed by atoms with Gasteiger partial charge in [0.15, 0.2) is 0 Å². The largest absolute Gasteiger partial charge is 1.00 e. The quantitative estimate of drug-likeness (QED) is 0.387. The summed E-state index contributed by atoms with van der Waals surface area (Å²) < 4.78 is 0. The maximum Gasteiger partial charge on any atom is 0 e. The van der Waals surface area contributed by atoms with E-state index in [9.17, 15) is 0 Å². The molecule has 0 radical (unpaired) electrons. The fraction of sp³-hybridized carbons (Fsp3) is 0. The van der Waals surface area contributed by atoms with Gasteiger partial charge in [0.1, 0.15) is 0 Å². The van der Waals surface area contributed by atoms with Crippen molar-refractivity contribution in [3.05, 3.63) is 36.9 Å². The molecule has 0 aromatic heterocycles. The van der Waals surface area contributed by atoms with Gasteiger partial charge in [-0.1, -0.05) is 0 Å². The van der Waals surface area contributed by atoms with E-state index in [1.807, 2.05) is 0 Å². The smallest absolute Gasteiger partial charge is 0 e. The fourth-order valence-corrected chi connectivity index (χ4v) is 0. The van der Waals surface area contributed by atoms with Crippen molar-refractivity contribution in [2.75, 3.05) is 0 Å². The maximum atomic E-state index is 0. The molecule has 0 saturated carbocycles. The van der Waals surface area contributed by atoms with E-state index in [2.05, 4.69) is 0 Å². The molecule has 0 bridgehead atoms. The summed E-state index contributed by atoms with van der Waals surface area (Å²) >= 11 is 0. The molecule has 0 aliphatic carbocycles. The minimum atomic E-state index is 0. The molecule has 0 spiro atoms. The van der Waals surface area contributed by atoms with E-state index in [1.54, 1.807) is 0 Å². The van der Waals surface area contributed by atoms with Gasteiger partial charge < -0.3 is 74.1 Å². The Balaban J connectivity index is 0. The molecule has 10 heteroatoms. The third kappa shape index (κ3) is 401. The average molecular weight is 304 g/mol. The molecule has 0 heterocycles. The van der Waals surface area contributed by atoms with E-state index in [-0.39, 0.29) is 93.6 Å². The number of hydrogen-bond donors (Lipinski definition) is 0. The second-order valence-electron chi connectivity index (χ2n) is 0. The van der Waals surface area contributed by atoms with Gasteiger partial charge in [-0.15, -0.1) is 0 Å². The molecule has 80 valence electrons. The first-order chi connectivity index (χ1) is 0. The van der Waals surface area contributed by atoms with Gasteiger partial charge in [-0.05, 0) is 0 Å². The summed E-state index contributed by atoms with van der Waals surface area (Å²) in [4.78, 5) is 0. The van der Waals surface area contributed by atoms with Crippen molar-refractivity contribution in [3.8, 4) is 0 Å². The van der Waals surface area contributed by atoms with Gasteiger partial charge in [-0.2, -0.15) is 0 Å². The molecule has 0 aliphatic rings. The molecule has 0 atom stereocenters. The Hall–Kier alpha value is 1.25. The molecule has 0 saturated heterocycles. The van der Waals surface area contributed by atoms with Crippen LogP contribution in [0.15, 0.2) is 0 Å². The standard InChI is InChI=1S/3ClH.6H2N.Ru/h3*1H;6*1H2;/q;;;6*-1;/p-3. The van der Waals surface area contributed by atoms with Crippen molar-refractivity contribution < 1.29 is 56.7 Å². The van der Waals surface area contributed by atoms with Crippen molar-refractivity contribution in [3.63, 3.8) is 0 Å². The number of halogens is 3. The summed E-state index contributed by atoms with van der Waals surface area (Å²) in [7, 11) is 0. The van der Waals surface area contributed by atoms with Crippen LogP contribution >= 0.6 is 0 Å². The van der Waals surface area contributed by atoms with Crippen LogP contribution in [0.2, 0.25) is 0 Å². The molecule has 0 aromatic rings. The molecule has 12 N–H and O–H groups in total. The molecule has 0 rings (SSSR count). The zero-order chi connectivity index (χ0) is 0. The van der Waals surface area contributed by atoms with Crippen molar-refractivity contribution in [2.45, 2.75) is 0 Å². The van der Waals surface area contributed by atoms with Crippen molar-refractivity contribution in [2.24, 2.45) is 0 Å². The second kappa shape index (κ2) is 559. The Morgan fingerprint density at radius 3 is 0.300 bits per heavy atom. The van der Waals surface area contributed by atoms with E-state index >= 15 is 0 Å². The van der Waals surface area contributed by atoms with Gasteiger partial charge in [0, 0.05) is 19.5 Å². The summed E-state index contributed by atoms with van der Waals surface area (Å²) in [6.07, 6.45) is 0. The van der Waals surface area contributed by atoms with Crippen molar-refractivity contribution >= 4 is 0 Å². The monoisotopic (exact) mass is 303 g/mol. The Bertz CT molecular complexity index is 13.0. The van der Waals surface area contributed by atoms with Gasteiger partial charge in [-0.3, -0.25) is 0 Å². The Labute approximate surface area is 93.5 Å². The van der Waals surface area contributed by atoms with Gasteiger partial charge in [0.2, 0.25) is 0 Å². The fourth-order valence-electron chi connectivity index (χ4n) is 0. The van der Waals surface area contributed by atoms with E-state index in [0.29, 0.717) is 0 Å². The number of hydrogen-bond acceptors (Lipinski definition) is 0. The van der Waals surface area contributed by atoms with Crippen LogP contribution in [0.25, 0.3) is 36.9 Å². The Kier molecular flexibility index (Phi) is 42100. The van der Waals surface area contributed by atoms with E-state index in [1.165, 1.54) is 0 Å². The first-order valence-corrected chi connectivity index (χ1v) is 0. The topological polar surface area (TPSA) is 201 Å². The molecular weight excluding hydrogens is 291 g/mol. The van der Waals surface area contributed by atoms with Crippen LogP contribution in [-0.2, 0) is 19.5 Å². The first kappa shape index (κ1) is 753. The van der Waals surface area contributed by atoms with Crippen molar-refractivity contribution in [1.29, 1.82) is 0 Å². The summed E-state index contributed by atoms with van der Waals surface area (Å²) in [5.74, 6) is 0. The summed E-state index contributed by atoms with van der Waals surface area (Å²) in [6, 6.07) is 0. The average Bonchev–Trinajstić information content (AvgIpc) is 0. The molecule has 0 amide bonds. The third-order valence-corrected chi connectivity index (χ3v) is 0. The summed E-state index contributed by atoms with van der Waals surface area (Å²) in [6.45, 7) is 0. The predicted molar refractivity (Wildman–Crippen MR) is 31.7 cm³/mol. The van der Waals surface area contributed by atoms with E-state index < -0.39 is 0 Å². The van der Waals surface area contributed by atoms with Crippen LogP contribution < -0.4 is 37.2 Å². The van der Waals surface area contributed by atoms with Gasteiger partial charge >= 0.3 is 0 Å². The van der Waals surface area contributed by atoms with E-state index in [4.69, 9.17) is 0 Å². The summed E-state index contributed by atoms with van der Waals surface area (Å²) in [5.41, 5.74) is 0. The first-order valence-electron chi connectivity index (χ1n) is 0. The molecular formula is H12Cl3N6Ru-9. The molecule has 0 aliphatic heterocycles. The molecule has 10 heavy (non-hydrogen) atoms. The minimum absolute atomic E-state index is 0. The summed E-state index contributed by atoms with van der Waals surface area (Å²) in [5, 5.41) is 0. The van der Waals surface area contributed by atoms with Gasteiger partial charge in [-0.25, -0.2) is 0 Å². The predicted octanol–water partition coefficient (Wildman–Crippen LogP) is -4.69. The minimum Gasteiger partial charge on any atom is -1.00 e. The Morgan fingerprint density at radius 2 is 0.300 bits per heavy atom. The Morgan fingerprint density at radius 1 is 0.300 bits per heavy atom. The zero-order valence-electron chi connectivity index (χ0n) is 4.95.